The van der Waals surface area contributed by atoms with Gasteiger partial charge in [-0.05, 0) is 59.2 Å². The first kappa shape index (κ1) is 34.2. The Hall–Kier alpha value is -4.70. The second-order valence-electron chi connectivity index (χ2n) is 11.7. The number of carboxylic acid groups (broad SMARTS) is 1. The number of carbonyl (C=O) groups is 2. The molecule has 0 radical (unpaired) electrons. The fourth-order valence-corrected chi connectivity index (χ4v) is 7.55. The Labute approximate surface area is 281 Å². The number of hydrogen-bond donors (Lipinski definition) is 6. The highest BCUT2D eigenvalue weighted by molar-refractivity contribution is 7.86. The predicted octanol–water partition coefficient (Wildman–Crippen LogP) is 2.41. The molecule has 9 atom stereocenters. The van der Waals surface area contributed by atoms with E-state index >= 15 is 0 Å². The van der Waals surface area contributed by atoms with Crippen LogP contribution in [-0.2, 0) is 25.1 Å². The first-order chi connectivity index (χ1) is 23.4. The smallest absolute Gasteiger partial charge is 0.335 e. The summed E-state index contributed by atoms with van der Waals surface area (Å²) in [7, 11) is -1.90. The SMILES string of the molecule is O=C(O)C1O[C@@H](Oc2cccc(-c3ccc([C@@H]4[C@@H](S(=O)C[C@H](O)c5ccc(F)cc5)C(=O)N4c4ccccc4)c(O)c3)c2)C(O)C(O)C1O. The van der Waals surface area contributed by atoms with E-state index < -0.39 is 76.6 Å². The van der Waals surface area contributed by atoms with Crippen molar-refractivity contribution < 1.29 is 58.3 Å². The molecular weight excluding hydrogens is 661 g/mol. The Bertz CT molecular complexity index is 1860. The molecule has 2 aliphatic heterocycles. The molecule has 49 heavy (non-hydrogen) atoms. The maximum absolute atomic E-state index is 13.6. The van der Waals surface area contributed by atoms with Gasteiger partial charge in [0, 0.05) is 22.1 Å². The number of aliphatic hydroxyl groups excluding tert-OH is 4. The van der Waals surface area contributed by atoms with E-state index in [0.29, 0.717) is 27.9 Å². The molecule has 0 aromatic heterocycles. The van der Waals surface area contributed by atoms with E-state index in [-0.39, 0.29) is 17.3 Å². The molecule has 14 heteroatoms. The molecule has 2 saturated heterocycles. The van der Waals surface area contributed by atoms with Gasteiger partial charge in [0.05, 0.1) is 17.9 Å². The number of rotatable bonds is 10. The summed E-state index contributed by atoms with van der Waals surface area (Å²) in [5, 5.41) is 60.7. The first-order valence-electron chi connectivity index (χ1n) is 15.2. The van der Waals surface area contributed by atoms with Gasteiger partial charge in [0.2, 0.25) is 12.2 Å². The van der Waals surface area contributed by atoms with Crippen LogP contribution in [0, 0.1) is 5.82 Å². The average molecular weight is 694 g/mol. The van der Waals surface area contributed by atoms with Crippen molar-refractivity contribution in [2.45, 2.75) is 48.1 Å². The Kier molecular flexibility index (Phi) is 9.79. The number of aliphatic hydroxyl groups is 4. The normalized spacial score (nSPS) is 26.4. The minimum absolute atomic E-state index is 0.118. The number of nitrogens with zero attached hydrogens (tertiary/aromatic N) is 1. The monoisotopic (exact) mass is 693 g/mol. The van der Waals surface area contributed by atoms with Gasteiger partial charge in [-0.3, -0.25) is 9.00 Å². The Balaban J connectivity index is 1.25. The Morgan fingerprint density at radius 3 is 2.27 bits per heavy atom. The molecule has 12 nitrogen and oxygen atoms in total. The zero-order valence-corrected chi connectivity index (χ0v) is 26.3. The number of halogens is 1. The molecule has 1 amide bonds. The maximum Gasteiger partial charge on any atom is 0.335 e. The number of para-hydroxylation sites is 1. The van der Waals surface area contributed by atoms with Crippen LogP contribution in [0.2, 0.25) is 0 Å². The topological polar surface area (TPSA) is 194 Å². The highest BCUT2D eigenvalue weighted by Crippen LogP contribution is 2.46. The summed E-state index contributed by atoms with van der Waals surface area (Å²) in [6.07, 6.45) is -10.2. The van der Waals surface area contributed by atoms with Gasteiger partial charge in [-0.25, -0.2) is 9.18 Å². The zero-order valence-electron chi connectivity index (χ0n) is 25.5. The largest absolute Gasteiger partial charge is 0.508 e. The minimum atomic E-state index is -1.90. The lowest BCUT2D eigenvalue weighted by molar-refractivity contribution is -0.271. The number of β-lactam (4-membered cyclic amide) rings is 1. The van der Waals surface area contributed by atoms with Crippen molar-refractivity contribution >= 4 is 28.4 Å². The van der Waals surface area contributed by atoms with E-state index in [0.717, 1.165) is 0 Å². The number of phenols is 1. The molecule has 256 valence electrons. The van der Waals surface area contributed by atoms with Crippen LogP contribution < -0.4 is 9.64 Å². The van der Waals surface area contributed by atoms with Gasteiger partial charge >= 0.3 is 5.97 Å². The third-order valence-corrected chi connectivity index (χ3v) is 10.2. The molecule has 5 unspecified atom stereocenters. The second-order valence-corrected chi connectivity index (χ2v) is 13.3. The van der Waals surface area contributed by atoms with Gasteiger partial charge in [0.1, 0.15) is 40.9 Å². The molecule has 2 aliphatic rings. The molecule has 2 heterocycles. The molecule has 4 aromatic rings. The summed E-state index contributed by atoms with van der Waals surface area (Å²) in [5.41, 5.74) is 2.19. The van der Waals surface area contributed by atoms with Gasteiger partial charge in [0.15, 0.2) is 6.10 Å². The van der Waals surface area contributed by atoms with Crippen molar-refractivity contribution in [3.05, 3.63) is 114 Å². The fourth-order valence-electron chi connectivity index (χ4n) is 5.94. The maximum atomic E-state index is 13.6. The molecule has 6 N–H and O–H groups in total. The van der Waals surface area contributed by atoms with Gasteiger partial charge in [-0.15, -0.1) is 0 Å². The molecule has 0 bridgehead atoms. The van der Waals surface area contributed by atoms with E-state index in [4.69, 9.17) is 9.47 Å². The standard InChI is InChI=1S/C35H32FNO11S/c36-21-12-9-18(10-13-21)26(39)17-49(46)32-27(37(33(32)43)22-6-2-1-3-7-22)24-14-11-20(16-25(24)38)19-5-4-8-23(15-19)47-35-30(42)28(40)29(41)31(48-35)34(44)45/h1-16,26-32,35,38-42H,17H2,(H,44,45)/t26-,27+,28?,29?,30?,31?,32+,35+,49?/m0/s1. The van der Waals surface area contributed by atoms with Crippen LogP contribution in [0.3, 0.4) is 0 Å². The van der Waals surface area contributed by atoms with Crippen LogP contribution in [0.5, 0.6) is 11.5 Å². The number of benzene rings is 4. The molecule has 0 saturated carbocycles. The summed E-state index contributed by atoms with van der Waals surface area (Å²) in [5.74, 6) is -2.89. The van der Waals surface area contributed by atoms with Crippen molar-refractivity contribution in [1.82, 2.24) is 0 Å². The number of phenolic OH excluding ortho intramolecular Hbond substituents is 1. The summed E-state index contributed by atoms with van der Waals surface area (Å²) in [4.78, 5) is 26.4. The van der Waals surface area contributed by atoms with E-state index in [1.165, 1.54) is 47.4 Å². The minimum Gasteiger partial charge on any atom is -0.508 e. The van der Waals surface area contributed by atoms with Gasteiger partial charge < -0.3 is 45.0 Å². The van der Waals surface area contributed by atoms with E-state index in [1.54, 1.807) is 54.6 Å². The highest BCUT2D eigenvalue weighted by Gasteiger charge is 2.53. The number of aliphatic carboxylic acids is 1. The predicted molar refractivity (Wildman–Crippen MR) is 173 cm³/mol. The number of hydrogen-bond acceptors (Lipinski definition) is 10. The van der Waals surface area contributed by atoms with Crippen molar-refractivity contribution in [2.75, 3.05) is 10.7 Å². The second kappa shape index (κ2) is 14.0. The quantitative estimate of drug-likeness (QED) is 0.134. The van der Waals surface area contributed by atoms with Gasteiger partial charge in [0.25, 0.3) is 0 Å². The number of amides is 1. The van der Waals surface area contributed by atoms with Crippen molar-refractivity contribution in [3.63, 3.8) is 0 Å². The van der Waals surface area contributed by atoms with Crippen LogP contribution in [0.4, 0.5) is 10.1 Å². The summed E-state index contributed by atoms with van der Waals surface area (Å²) >= 11 is 0. The van der Waals surface area contributed by atoms with Crippen LogP contribution in [-0.4, -0.2) is 88.4 Å². The summed E-state index contributed by atoms with van der Waals surface area (Å²) < 4.78 is 37.9. The van der Waals surface area contributed by atoms with E-state index in [2.05, 4.69) is 0 Å². The van der Waals surface area contributed by atoms with Crippen molar-refractivity contribution in [3.8, 4) is 22.6 Å². The molecule has 2 fully saturated rings. The van der Waals surface area contributed by atoms with Gasteiger partial charge in [-0.1, -0.05) is 54.6 Å². The number of carboxylic acids is 1. The molecule has 6 rings (SSSR count). The third-order valence-electron chi connectivity index (χ3n) is 8.52. The number of anilines is 1. The lowest BCUT2D eigenvalue weighted by Gasteiger charge is -2.47. The Morgan fingerprint density at radius 2 is 1.59 bits per heavy atom. The van der Waals surface area contributed by atoms with Crippen LogP contribution in [0.1, 0.15) is 23.3 Å². The lowest BCUT2D eigenvalue weighted by Crippen LogP contribution is -2.61. The van der Waals surface area contributed by atoms with Crippen LogP contribution >= 0.6 is 0 Å². The first-order valence-corrected chi connectivity index (χ1v) is 16.5. The van der Waals surface area contributed by atoms with E-state index in [1.807, 2.05) is 0 Å². The Morgan fingerprint density at radius 1 is 0.898 bits per heavy atom. The highest BCUT2D eigenvalue weighted by atomic mass is 32.2. The molecule has 4 aromatic carbocycles. The number of aromatic hydroxyl groups is 1. The van der Waals surface area contributed by atoms with Gasteiger partial charge in [-0.2, -0.15) is 0 Å². The summed E-state index contributed by atoms with van der Waals surface area (Å²) in [6, 6.07) is 23.9. The molecular formula is C35H32FNO11S. The summed E-state index contributed by atoms with van der Waals surface area (Å²) in [6.45, 7) is 0. The zero-order chi connectivity index (χ0) is 35.0. The fraction of sp³-hybridized carbons (Fsp3) is 0.257. The average Bonchev–Trinajstić information content (AvgIpc) is 3.08. The van der Waals surface area contributed by atoms with Crippen molar-refractivity contribution in [1.29, 1.82) is 0 Å². The number of ether oxygens (including phenoxy) is 2. The van der Waals surface area contributed by atoms with E-state index in [9.17, 15) is 48.8 Å². The third kappa shape index (κ3) is 6.79. The van der Waals surface area contributed by atoms with Crippen LogP contribution in [0.15, 0.2) is 97.1 Å². The molecule has 0 spiro atoms. The lowest BCUT2D eigenvalue weighted by atomic mass is 9.90. The number of carbonyl (C=O) groups excluding carboxylic acids is 1. The van der Waals surface area contributed by atoms with Crippen molar-refractivity contribution in [2.24, 2.45) is 0 Å². The molecule has 0 aliphatic carbocycles. The van der Waals surface area contributed by atoms with Crippen LogP contribution in [0.25, 0.3) is 11.1 Å².